The molecule has 1 aliphatic rings. The van der Waals surface area contributed by atoms with Crippen LogP contribution in [0.25, 0.3) is 0 Å². The smallest absolute Gasteiger partial charge is 0.328 e. The second-order valence-corrected chi connectivity index (χ2v) is 14.4. The molecule has 3 nitrogen and oxygen atoms in total. The van der Waals surface area contributed by atoms with E-state index in [2.05, 4.69) is 86.6 Å². The summed E-state index contributed by atoms with van der Waals surface area (Å²) in [5.41, 5.74) is 6.05. The van der Waals surface area contributed by atoms with Crippen molar-refractivity contribution in [1.29, 1.82) is 0 Å². The van der Waals surface area contributed by atoms with Gasteiger partial charge in [-0.1, -0.05) is 104 Å². The van der Waals surface area contributed by atoms with Crippen LogP contribution in [0.3, 0.4) is 0 Å². The predicted octanol–water partition coefficient (Wildman–Crippen LogP) is 9.59. The molecule has 0 amide bonds. The summed E-state index contributed by atoms with van der Waals surface area (Å²) in [6, 6.07) is 9.08. The molecule has 0 saturated carbocycles. The van der Waals surface area contributed by atoms with E-state index in [0.29, 0.717) is 0 Å². The number of aryl methyl sites for hydroxylation is 2. The SMILES string of the molecule is CCCCCCCCC1(OP(O)O)c2c(cc(C)cc2C(C)(C)C)Sc2cc(C)cc(C(C)(C)C)c21. The molecular formula is C31H47O3PS. The van der Waals surface area contributed by atoms with E-state index in [9.17, 15) is 9.79 Å². The van der Waals surface area contributed by atoms with E-state index in [1.807, 2.05) is 11.8 Å². The molecular weight excluding hydrogens is 483 g/mol. The Kier molecular flexibility index (Phi) is 9.44. The first kappa shape index (κ1) is 29.7. The van der Waals surface area contributed by atoms with E-state index in [-0.39, 0.29) is 10.8 Å². The first-order valence-electron chi connectivity index (χ1n) is 13.6. The van der Waals surface area contributed by atoms with Crippen LogP contribution in [0.2, 0.25) is 0 Å². The summed E-state index contributed by atoms with van der Waals surface area (Å²) in [7, 11) is -2.57. The largest absolute Gasteiger partial charge is 0.328 e. The summed E-state index contributed by atoms with van der Waals surface area (Å²) in [6.07, 6.45) is 7.77. The van der Waals surface area contributed by atoms with E-state index in [0.717, 1.165) is 30.4 Å². The topological polar surface area (TPSA) is 49.7 Å². The van der Waals surface area contributed by atoms with Crippen molar-refractivity contribution in [2.24, 2.45) is 0 Å². The number of fused-ring (bicyclic) bond motifs is 2. The number of rotatable bonds is 9. The summed E-state index contributed by atoms with van der Waals surface area (Å²) in [6.45, 7) is 20.0. The van der Waals surface area contributed by atoms with Crippen LogP contribution in [0.15, 0.2) is 34.1 Å². The normalized spacial score (nSPS) is 15.2. The maximum absolute atomic E-state index is 10.5. The molecule has 36 heavy (non-hydrogen) atoms. The fourth-order valence-corrected chi connectivity index (χ4v) is 7.64. The quantitative estimate of drug-likeness (QED) is 0.250. The van der Waals surface area contributed by atoms with Crippen molar-refractivity contribution < 1.29 is 14.3 Å². The van der Waals surface area contributed by atoms with Gasteiger partial charge in [0.1, 0.15) is 5.60 Å². The van der Waals surface area contributed by atoms with E-state index in [4.69, 9.17) is 4.52 Å². The lowest BCUT2D eigenvalue weighted by Gasteiger charge is -2.46. The second-order valence-electron chi connectivity index (χ2n) is 12.7. The third-order valence-electron chi connectivity index (χ3n) is 7.26. The molecule has 2 N–H and O–H groups in total. The first-order chi connectivity index (χ1) is 16.7. The lowest BCUT2D eigenvalue weighted by Crippen LogP contribution is -2.39. The zero-order valence-electron chi connectivity index (χ0n) is 23.9. The Morgan fingerprint density at radius 3 is 1.61 bits per heavy atom. The van der Waals surface area contributed by atoms with Crippen LogP contribution in [0.4, 0.5) is 0 Å². The number of hydrogen-bond donors (Lipinski definition) is 2. The van der Waals surface area contributed by atoms with Crippen LogP contribution in [0.5, 0.6) is 0 Å². The molecule has 0 fully saturated rings. The molecule has 0 atom stereocenters. The third-order valence-corrected chi connectivity index (χ3v) is 8.82. The summed E-state index contributed by atoms with van der Waals surface area (Å²) < 4.78 is 6.47. The number of unbranched alkanes of at least 4 members (excludes halogenated alkanes) is 5. The molecule has 2 aromatic rings. The predicted molar refractivity (Wildman–Crippen MR) is 155 cm³/mol. The summed E-state index contributed by atoms with van der Waals surface area (Å²) in [5.74, 6) is 0. The molecule has 0 saturated heterocycles. The minimum atomic E-state index is -2.57. The molecule has 1 heterocycles. The zero-order chi connectivity index (χ0) is 26.9. The maximum atomic E-state index is 10.5. The van der Waals surface area contributed by atoms with Crippen LogP contribution >= 0.6 is 20.4 Å². The molecule has 0 aromatic heterocycles. The highest BCUT2D eigenvalue weighted by atomic mass is 32.2. The van der Waals surface area contributed by atoms with Crippen LogP contribution in [0.1, 0.15) is 127 Å². The second kappa shape index (κ2) is 11.5. The molecule has 200 valence electrons. The highest BCUT2D eigenvalue weighted by Gasteiger charge is 2.49. The molecule has 0 aliphatic carbocycles. The Balaban J connectivity index is 2.34. The van der Waals surface area contributed by atoms with Gasteiger partial charge in [0.15, 0.2) is 0 Å². The Labute approximate surface area is 225 Å². The molecule has 2 aromatic carbocycles. The van der Waals surface area contributed by atoms with Gasteiger partial charge in [-0.25, -0.2) is 0 Å². The average Bonchev–Trinajstić information content (AvgIpc) is 2.73. The first-order valence-corrected chi connectivity index (χ1v) is 15.5. The van der Waals surface area contributed by atoms with Gasteiger partial charge in [-0.2, -0.15) is 0 Å². The average molecular weight is 531 g/mol. The minimum absolute atomic E-state index is 0.121. The maximum Gasteiger partial charge on any atom is 0.328 e. The van der Waals surface area contributed by atoms with Crippen molar-refractivity contribution >= 4 is 20.4 Å². The minimum Gasteiger partial charge on any atom is -0.328 e. The molecule has 0 spiro atoms. The van der Waals surface area contributed by atoms with Gasteiger partial charge in [0, 0.05) is 20.9 Å². The molecule has 0 bridgehead atoms. The van der Waals surface area contributed by atoms with Crippen molar-refractivity contribution in [2.45, 2.75) is 133 Å². The van der Waals surface area contributed by atoms with Gasteiger partial charge in [-0.3, -0.25) is 4.52 Å². The summed E-state index contributed by atoms with van der Waals surface area (Å²) >= 11 is 1.82. The number of benzene rings is 2. The van der Waals surface area contributed by atoms with Crippen LogP contribution < -0.4 is 0 Å². The van der Waals surface area contributed by atoms with Gasteiger partial charge in [0.2, 0.25) is 0 Å². The van der Waals surface area contributed by atoms with Crippen molar-refractivity contribution in [3.05, 3.63) is 57.6 Å². The molecule has 1 aliphatic heterocycles. The van der Waals surface area contributed by atoms with Crippen LogP contribution in [-0.4, -0.2) is 9.79 Å². The summed E-state index contributed by atoms with van der Waals surface area (Å²) in [5, 5.41) is 0. The van der Waals surface area contributed by atoms with Gasteiger partial charge in [-0.15, -0.1) is 0 Å². The fraction of sp³-hybridized carbons (Fsp3) is 0.613. The van der Waals surface area contributed by atoms with Gasteiger partial charge in [0.25, 0.3) is 0 Å². The Morgan fingerprint density at radius 2 is 1.19 bits per heavy atom. The van der Waals surface area contributed by atoms with Crippen LogP contribution in [-0.2, 0) is 21.0 Å². The van der Waals surface area contributed by atoms with E-state index in [1.54, 1.807) is 0 Å². The fourth-order valence-electron chi connectivity index (χ4n) is 5.61. The van der Waals surface area contributed by atoms with Crippen molar-refractivity contribution in [1.82, 2.24) is 0 Å². The summed E-state index contributed by atoms with van der Waals surface area (Å²) in [4.78, 5) is 23.3. The molecule has 0 radical (unpaired) electrons. The van der Waals surface area contributed by atoms with E-state index < -0.39 is 14.2 Å². The zero-order valence-corrected chi connectivity index (χ0v) is 25.6. The molecule has 0 unspecified atom stereocenters. The highest BCUT2D eigenvalue weighted by Crippen LogP contribution is 2.60. The van der Waals surface area contributed by atoms with Gasteiger partial charge in [0.05, 0.1) is 0 Å². The third kappa shape index (κ3) is 6.38. The van der Waals surface area contributed by atoms with E-state index in [1.165, 1.54) is 57.7 Å². The Hall–Kier alpha value is -0.900. The van der Waals surface area contributed by atoms with Crippen molar-refractivity contribution in [2.75, 3.05) is 0 Å². The molecule has 5 heteroatoms. The standard InChI is InChI=1S/C31H47O3PS/c1-10-11-12-13-14-15-16-31(34-35(32)33)27-23(29(4,5)6)17-21(2)19-25(27)36-26-20-22(3)18-24(28(26)31)30(7,8)9/h17-20,32-33H,10-16H2,1-9H3. The lowest BCUT2D eigenvalue weighted by atomic mass is 9.69. The molecule has 3 rings (SSSR count). The van der Waals surface area contributed by atoms with Crippen LogP contribution in [0, 0.1) is 13.8 Å². The van der Waals surface area contributed by atoms with E-state index >= 15 is 0 Å². The lowest BCUT2D eigenvalue weighted by molar-refractivity contribution is 0.0694. The monoisotopic (exact) mass is 530 g/mol. The van der Waals surface area contributed by atoms with Gasteiger partial charge < -0.3 is 9.79 Å². The Morgan fingerprint density at radius 1 is 0.750 bits per heavy atom. The Bertz CT molecular complexity index is 993. The van der Waals surface area contributed by atoms with Crippen molar-refractivity contribution in [3.63, 3.8) is 0 Å². The van der Waals surface area contributed by atoms with Gasteiger partial charge >= 0.3 is 8.60 Å². The van der Waals surface area contributed by atoms with Crippen molar-refractivity contribution in [3.8, 4) is 0 Å². The number of hydrogen-bond acceptors (Lipinski definition) is 4. The highest BCUT2D eigenvalue weighted by molar-refractivity contribution is 7.99. The van der Waals surface area contributed by atoms with Gasteiger partial charge in [-0.05, 0) is 71.9 Å².